The molecule has 1 aromatic carbocycles. The average Bonchev–Trinajstić information content (AvgIpc) is 2.12. The van der Waals surface area contributed by atoms with Crippen molar-refractivity contribution in [2.45, 2.75) is 25.7 Å². The van der Waals surface area contributed by atoms with Crippen LogP contribution in [0, 0.1) is 5.92 Å². The second kappa shape index (κ2) is 3.74. The zero-order chi connectivity index (χ0) is 10.0. The van der Waals surface area contributed by atoms with E-state index in [-0.39, 0.29) is 0 Å². The summed E-state index contributed by atoms with van der Waals surface area (Å²) >= 11 is 0. The monoisotopic (exact) mass is 189 g/mol. The summed E-state index contributed by atoms with van der Waals surface area (Å²) < 4.78 is 0. The van der Waals surface area contributed by atoms with Crippen LogP contribution < -0.4 is 5.32 Å². The number of nitrogens with one attached hydrogen (secondary N) is 1. The van der Waals surface area contributed by atoms with Crippen LogP contribution in [0.4, 0.5) is 0 Å². The molecule has 0 atom stereocenters. The van der Waals surface area contributed by atoms with Gasteiger partial charge in [0.1, 0.15) is 0 Å². The first-order valence-corrected chi connectivity index (χ1v) is 5.49. The van der Waals surface area contributed by atoms with Crippen LogP contribution in [0.1, 0.15) is 25.8 Å². The van der Waals surface area contributed by atoms with Crippen LogP contribution in [-0.2, 0) is 5.41 Å². The quantitative estimate of drug-likeness (QED) is 0.770. The Balaban J connectivity index is 2.20. The molecule has 1 heteroatoms. The lowest BCUT2D eigenvalue weighted by Gasteiger charge is -2.44. The smallest absolute Gasteiger partial charge is 0.0205 e. The molecule has 0 aromatic heterocycles. The lowest BCUT2D eigenvalue weighted by atomic mass is 9.70. The van der Waals surface area contributed by atoms with Crippen LogP contribution in [0.2, 0.25) is 0 Å². The Labute approximate surface area is 86.5 Å². The molecule has 1 aliphatic rings. The Bertz CT molecular complexity index is 285. The van der Waals surface area contributed by atoms with E-state index in [4.69, 9.17) is 0 Å². The standard InChI is InChI=1S/C13H19N/c1-11(2)8-13(9-14-10-13)12-6-4-3-5-7-12/h3-7,11,14H,8-10H2,1-2H3. The van der Waals surface area contributed by atoms with Gasteiger partial charge in [-0.15, -0.1) is 0 Å². The molecular weight excluding hydrogens is 170 g/mol. The van der Waals surface area contributed by atoms with Gasteiger partial charge in [0, 0.05) is 18.5 Å². The van der Waals surface area contributed by atoms with Gasteiger partial charge in [0.05, 0.1) is 0 Å². The van der Waals surface area contributed by atoms with E-state index in [0.29, 0.717) is 5.41 Å². The molecule has 1 aliphatic heterocycles. The molecular formula is C13H19N. The lowest BCUT2D eigenvalue weighted by Crippen LogP contribution is -2.57. The summed E-state index contributed by atoms with van der Waals surface area (Å²) in [6, 6.07) is 10.9. The molecule has 0 amide bonds. The van der Waals surface area contributed by atoms with Gasteiger partial charge in [-0.1, -0.05) is 44.2 Å². The van der Waals surface area contributed by atoms with Crippen LogP contribution in [0.25, 0.3) is 0 Å². The Morgan fingerprint density at radius 2 is 1.86 bits per heavy atom. The molecule has 0 spiro atoms. The van der Waals surface area contributed by atoms with Crippen molar-refractivity contribution in [1.29, 1.82) is 0 Å². The van der Waals surface area contributed by atoms with Crippen LogP contribution >= 0.6 is 0 Å². The largest absolute Gasteiger partial charge is 0.315 e. The SMILES string of the molecule is CC(C)CC1(c2ccccc2)CNC1. The molecule has 1 N–H and O–H groups in total. The van der Waals surface area contributed by atoms with E-state index in [1.54, 1.807) is 0 Å². The highest BCUT2D eigenvalue weighted by atomic mass is 15.0. The molecule has 0 unspecified atom stereocenters. The summed E-state index contributed by atoms with van der Waals surface area (Å²) in [5.41, 5.74) is 1.93. The van der Waals surface area contributed by atoms with Gasteiger partial charge >= 0.3 is 0 Å². The van der Waals surface area contributed by atoms with Crippen molar-refractivity contribution in [2.24, 2.45) is 5.92 Å². The first-order valence-electron chi connectivity index (χ1n) is 5.49. The molecule has 0 radical (unpaired) electrons. The van der Waals surface area contributed by atoms with E-state index in [2.05, 4.69) is 49.5 Å². The number of hydrogen-bond donors (Lipinski definition) is 1. The van der Waals surface area contributed by atoms with Gasteiger partial charge < -0.3 is 5.32 Å². The van der Waals surface area contributed by atoms with Gasteiger partial charge in [-0.05, 0) is 17.9 Å². The minimum absolute atomic E-state index is 0.426. The van der Waals surface area contributed by atoms with Gasteiger partial charge in [-0.3, -0.25) is 0 Å². The average molecular weight is 189 g/mol. The second-order valence-corrected chi connectivity index (χ2v) is 4.85. The topological polar surface area (TPSA) is 12.0 Å². The van der Waals surface area contributed by atoms with Gasteiger partial charge in [0.2, 0.25) is 0 Å². The molecule has 1 saturated heterocycles. The number of benzene rings is 1. The first kappa shape index (κ1) is 9.72. The fourth-order valence-electron chi connectivity index (χ4n) is 2.47. The summed E-state index contributed by atoms with van der Waals surface area (Å²) in [6.45, 7) is 6.91. The first-order chi connectivity index (χ1) is 6.73. The molecule has 14 heavy (non-hydrogen) atoms. The van der Waals surface area contributed by atoms with Gasteiger partial charge in [0.25, 0.3) is 0 Å². The molecule has 0 bridgehead atoms. The maximum absolute atomic E-state index is 3.41. The normalized spacial score (nSPS) is 19.4. The zero-order valence-corrected chi connectivity index (χ0v) is 9.09. The molecule has 1 fully saturated rings. The summed E-state index contributed by atoms with van der Waals surface area (Å²) in [5.74, 6) is 0.775. The predicted octanol–water partition coefficient (Wildman–Crippen LogP) is 2.57. The second-order valence-electron chi connectivity index (χ2n) is 4.85. The van der Waals surface area contributed by atoms with Gasteiger partial charge in [-0.2, -0.15) is 0 Å². The summed E-state index contributed by atoms with van der Waals surface area (Å²) in [4.78, 5) is 0. The third-order valence-corrected chi connectivity index (χ3v) is 3.11. The van der Waals surface area contributed by atoms with Crippen molar-refractivity contribution in [3.63, 3.8) is 0 Å². The Morgan fingerprint density at radius 3 is 2.29 bits per heavy atom. The molecule has 0 aliphatic carbocycles. The van der Waals surface area contributed by atoms with Crippen LogP contribution in [0.15, 0.2) is 30.3 Å². The molecule has 1 nitrogen and oxygen atoms in total. The highest BCUT2D eigenvalue weighted by Crippen LogP contribution is 2.34. The minimum atomic E-state index is 0.426. The van der Waals surface area contributed by atoms with Crippen molar-refractivity contribution in [2.75, 3.05) is 13.1 Å². The highest BCUT2D eigenvalue weighted by Gasteiger charge is 2.38. The summed E-state index contributed by atoms with van der Waals surface area (Å²) in [5, 5.41) is 3.41. The van der Waals surface area contributed by atoms with Crippen molar-refractivity contribution in [1.82, 2.24) is 5.32 Å². The number of hydrogen-bond acceptors (Lipinski definition) is 1. The van der Waals surface area contributed by atoms with E-state index in [1.807, 2.05) is 0 Å². The summed E-state index contributed by atoms with van der Waals surface area (Å²) in [6.07, 6.45) is 1.30. The lowest BCUT2D eigenvalue weighted by molar-refractivity contribution is 0.229. The van der Waals surface area contributed by atoms with E-state index < -0.39 is 0 Å². The van der Waals surface area contributed by atoms with Crippen molar-refractivity contribution >= 4 is 0 Å². The molecule has 0 saturated carbocycles. The predicted molar refractivity (Wildman–Crippen MR) is 60.4 cm³/mol. The van der Waals surface area contributed by atoms with E-state index >= 15 is 0 Å². The Morgan fingerprint density at radius 1 is 1.21 bits per heavy atom. The fourth-order valence-corrected chi connectivity index (χ4v) is 2.47. The fraction of sp³-hybridized carbons (Fsp3) is 0.538. The van der Waals surface area contributed by atoms with E-state index in [9.17, 15) is 0 Å². The maximum Gasteiger partial charge on any atom is 0.0205 e. The molecule has 2 rings (SSSR count). The van der Waals surface area contributed by atoms with E-state index in [0.717, 1.165) is 19.0 Å². The molecule has 1 aromatic rings. The molecule has 76 valence electrons. The highest BCUT2D eigenvalue weighted by molar-refractivity contribution is 5.29. The Hall–Kier alpha value is -0.820. The van der Waals surface area contributed by atoms with E-state index in [1.165, 1.54) is 12.0 Å². The molecule has 1 heterocycles. The third kappa shape index (κ3) is 1.69. The maximum atomic E-state index is 3.41. The van der Waals surface area contributed by atoms with Crippen LogP contribution in [-0.4, -0.2) is 13.1 Å². The third-order valence-electron chi connectivity index (χ3n) is 3.11. The van der Waals surface area contributed by atoms with Gasteiger partial charge in [0.15, 0.2) is 0 Å². The number of rotatable bonds is 3. The zero-order valence-electron chi connectivity index (χ0n) is 9.09. The summed E-state index contributed by atoms with van der Waals surface area (Å²) in [7, 11) is 0. The van der Waals surface area contributed by atoms with Crippen molar-refractivity contribution in [3.05, 3.63) is 35.9 Å². The Kier molecular flexibility index (Phi) is 2.60. The van der Waals surface area contributed by atoms with Crippen LogP contribution in [0.5, 0.6) is 0 Å². The van der Waals surface area contributed by atoms with Crippen molar-refractivity contribution < 1.29 is 0 Å². The van der Waals surface area contributed by atoms with Crippen LogP contribution in [0.3, 0.4) is 0 Å². The van der Waals surface area contributed by atoms with Crippen molar-refractivity contribution in [3.8, 4) is 0 Å². The minimum Gasteiger partial charge on any atom is -0.315 e. The van der Waals surface area contributed by atoms with Gasteiger partial charge in [-0.25, -0.2) is 0 Å².